The first-order valence-electron chi connectivity index (χ1n) is 10.2. The van der Waals surface area contributed by atoms with Crippen molar-refractivity contribution >= 4 is 0 Å². The second kappa shape index (κ2) is 9.98. The van der Waals surface area contributed by atoms with E-state index in [1.54, 1.807) is 0 Å². The average molecular weight is 416 g/mol. The summed E-state index contributed by atoms with van der Waals surface area (Å²) in [5, 5.41) is 18.2. The topological polar surface area (TPSA) is 66.0 Å². The summed E-state index contributed by atoms with van der Waals surface area (Å²) >= 11 is 0. The maximum atomic E-state index is 9.08. The standard InChI is InChI=1S/C28H20N2O2/c29-19-31-27(23-7-3-1-4-8-23)25-15-11-21(12-16-25)22-13-17-26(18-14-22)28(32-20-30)24-9-5-2-6-10-24/h1-18,27-28H. The summed E-state index contributed by atoms with van der Waals surface area (Å²) in [6.07, 6.45) is 2.76. The molecule has 0 saturated heterocycles. The zero-order chi connectivity index (χ0) is 22.2. The Morgan fingerprint density at radius 3 is 1.06 bits per heavy atom. The van der Waals surface area contributed by atoms with Crippen molar-refractivity contribution in [1.29, 1.82) is 10.5 Å². The fourth-order valence-electron chi connectivity index (χ4n) is 3.72. The number of rotatable bonds is 7. The van der Waals surface area contributed by atoms with Crippen LogP contribution in [0.15, 0.2) is 109 Å². The van der Waals surface area contributed by atoms with Crippen molar-refractivity contribution in [2.24, 2.45) is 0 Å². The summed E-state index contributed by atoms with van der Waals surface area (Å²) in [6.45, 7) is 0. The first-order chi connectivity index (χ1) is 15.8. The molecule has 0 aromatic heterocycles. The maximum Gasteiger partial charge on any atom is 0.287 e. The lowest BCUT2D eigenvalue weighted by Gasteiger charge is -2.16. The fourth-order valence-corrected chi connectivity index (χ4v) is 3.72. The van der Waals surface area contributed by atoms with Crippen LogP contribution in [0.25, 0.3) is 11.1 Å². The summed E-state index contributed by atoms with van der Waals surface area (Å²) < 4.78 is 10.7. The number of hydrogen-bond donors (Lipinski definition) is 0. The van der Waals surface area contributed by atoms with Gasteiger partial charge in [-0.2, -0.15) is 10.5 Å². The molecule has 154 valence electrons. The Morgan fingerprint density at radius 1 is 0.438 bits per heavy atom. The fraction of sp³-hybridized carbons (Fsp3) is 0.0714. The zero-order valence-electron chi connectivity index (χ0n) is 17.3. The van der Waals surface area contributed by atoms with Crippen LogP contribution >= 0.6 is 0 Å². The van der Waals surface area contributed by atoms with E-state index in [9.17, 15) is 0 Å². The van der Waals surface area contributed by atoms with Crippen molar-refractivity contribution in [1.82, 2.24) is 0 Å². The number of nitriles is 2. The number of hydrogen-bond acceptors (Lipinski definition) is 4. The summed E-state index contributed by atoms with van der Waals surface area (Å²) in [5.41, 5.74) is 5.75. The van der Waals surface area contributed by atoms with Gasteiger partial charge in [-0.3, -0.25) is 0 Å². The number of benzene rings is 4. The highest BCUT2D eigenvalue weighted by molar-refractivity contribution is 5.64. The highest BCUT2D eigenvalue weighted by Crippen LogP contribution is 2.30. The van der Waals surface area contributed by atoms with E-state index >= 15 is 0 Å². The van der Waals surface area contributed by atoms with E-state index in [1.807, 2.05) is 122 Å². The molecule has 0 spiro atoms. The van der Waals surface area contributed by atoms with Gasteiger partial charge in [0.05, 0.1) is 0 Å². The Hall–Kier alpha value is -4.54. The molecule has 4 heteroatoms. The molecule has 0 aliphatic heterocycles. The van der Waals surface area contributed by atoms with Crippen molar-refractivity contribution in [3.05, 3.63) is 131 Å². The molecule has 0 aliphatic carbocycles. The molecule has 0 aliphatic rings. The second-order valence-corrected chi connectivity index (χ2v) is 7.24. The molecule has 4 aromatic carbocycles. The van der Waals surface area contributed by atoms with Crippen molar-refractivity contribution in [3.8, 4) is 23.6 Å². The lowest BCUT2D eigenvalue weighted by atomic mass is 9.96. The molecule has 0 bridgehead atoms. The van der Waals surface area contributed by atoms with Crippen LogP contribution in [0.3, 0.4) is 0 Å². The van der Waals surface area contributed by atoms with E-state index in [0.717, 1.165) is 33.4 Å². The summed E-state index contributed by atoms with van der Waals surface area (Å²) in [4.78, 5) is 0. The van der Waals surface area contributed by atoms with Gasteiger partial charge in [-0.05, 0) is 33.4 Å². The van der Waals surface area contributed by atoms with E-state index in [-0.39, 0.29) is 0 Å². The molecule has 0 N–H and O–H groups in total. The minimum Gasteiger partial charge on any atom is -0.414 e. The molecular formula is C28H20N2O2. The lowest BCUT2D eigenvalue weighted by molar-refractivity contribution is 0.202. The SMILES string of the molecule is N#COC(c1ccccc1)c1ccc(-c2ccc(C(OC#N)c3ccccc3)cc2)cc1. The molecular weight excluding hydrogens is 396 g/mol. The van der Waals surface area contributed by atoms with Crippen LogP contribution in [-0.4, -0.2) is 0 Å². The monoisotopic (exact) mass is 416 g/mol. The van der Waals surface area contributed by atoms with E-state index < -0.39 is 12.2 Å². The normalized spacial score (nSPS) is 12.1. The van der Waals surface area contributed by atoms with Gasteiger partial charge >= 0.3 is 0 Å². The van der Waals surface area contributed by atoms with Gasteiger partial charge in [-0.25, -0.2) is 0 Å². The zero-order valence-corrected chi connectivity index (χ0v) is 17.3. The minimum atomic E-state index is -0.438. The van der Waals surface area contributed by atoms with Gasteiger partial charge < -0.3 is 9.47 Å². The predicted molar refractivity (Wildman–Crippen MR) is 122 cm³/mol. The molecule has 4 rings (SSSR count). The first kappa shape index (κ1) is 20.7. The Morgan fingerprint density at radius 2 is 0.750 bits per heavy atom. The third-order valence-electron chi connectivity index (χ3n) is 5.31. The maximum absolute atomic E-state index is 9.08. The average Bonchev–Trinajstić information content (AvgIpc) is 2.87. The summed E-state index contributed by atoms with van der Waals surface area (Å²) in [7, 11) is 0. The van der Waals surface area contributed by atoms with E-state index in [0.29, 0.717) is 0 Å². The van der Waals surface area contributed by atoms with Crippen LogP contribution in [0.2, 0.25) is 0 Å². The van der Waals surface area contributed by atoms with Crippen molar-refractivity contribution in [2.45, 2.75) is 12.2 Å². The van der Waals surface area contributed by atoms with Gasteiger partial charge in [0.25, 0.3) is 12.5 Å². The highest BCUT2D eigenvalue weighted by atomic mass is 16.5. The van der Waals surface area contributed by atoms with E-state index in [1.165, 1.54) is 0 Å². The van der Waals surface area contributed by atoms with Crippen LogP contribution in [0, 0.1) is 23.0 Å². The second-order valence-electron chi connectivity index (χ2n) is 7.24. The molecule has 4 nitrogen and oxygen atoms in total. The molecule has 0 fully saturated rings. The van der Waals surface area contributed by atoms with Gasteiger partial charge in [0.2, 0.25) is 0 Å². The van der Waals surface area contributed by atoms with Gasteiger partial charge in [0.15, 0.2) is 12.2 Å². The molecule has 0 heterocycles. The molecule has 32 heavy (non-hydrogen) atoms. The third kappa shape index (κ3) is 4.61. The molecule has 2 atom stereocenters. The van der Waals surface area contributed by atoms with Crippen LogP contribution < -0.4 is 0 Å². The number of nitrogens with zero attached hydrogens (tertiary/aromatic N) is 2. The Bertz CT molecular complexity index is 1120. The smallest absolute Gasteiger partial charge is 0.287 e. The van der Waals surface area contributed by atoms with E-state index in [4.69, 9.17) is 20.0 Å². The molecule has 0 radical (unpaired) electrons. The quantitative estimate of drug-likeness (QED) is 0.321. The number of ether oxygens (including phenoxy) is 2. The van der Waals surface area contributed by atoms with Gasteiger partial charge in [-0.1, -0.05) is 109 Å². The molecule has 0 saturated carbocycles. The molecule has 0 amide bonds. The highest BCUT2D eigenvalue weighted by Gasteiger charge is 2.17. The van der Waals surface area contributed by atoms with Gasteiger partial charge in [-0.15, -0.1) is 0 Å². The Labute approximate surface area is 187 Å². The van der Waals surface area contributed by atoms with Crippen LogP contribution in [0.5, 0.6) is 0 Å². The lowest BCUT2D eigenvalue weighted by Crippen LogP contribution is -2.03. The van der Waals surface area contributed by atoms with Gasteiger partial charge in [0.1, 0.15) is 0 Å². The third-order valence-corrected chi connectivity index (χ3v) is 5.31. The van der Waals surface area contributed by atoms with Crippen LogP contribution in [-0.2, 0) is 9.47 Å². The van der Waals surface area contributed by atoms with Crippen molar-refractivity contribution in [2.75, 3.05) is 0 Å². The molecule has 2 unspecified atom stereocenters. The Kier molecular flexibility index (Phi) is 6.46. The summed E-state index contributed by atoms with van der Waals surface area (Å²) in [5.74, 6) is 0. The first-order valence-corrected chi connectivity index (χ1v) is 10.2. The largest absolute Gasteiger partial charge is 0.414 e. The van der Waals surface area contributed by atoms with Crippen molar-refractivity contribution < 1.29 is 9.47 Å². The van der Waals surface area contributed by atoms with Crippen LogP contribution in [0.1, 0.15) is 34.5 Å². The van der Waals surface area contributed by atoms with E-state index in [2.05, 4.69) is 0 Å². The van der Waals surface area contributed by atoms with Crippen LogP contribution in [0.4, 0.5) is 0 Å². The Balaban J connectivity index is 1.57. The van der Waals surface area contributed by atoms with Gasteiger partial charge in [0, 0.05) is 0 Å². The molecule has 4 aromatic rings. The summed E-state index contributed by atoms with van der Waals surface area (Å²) in [6, 6.07) is 35.3. The minimum absolute atomic E-state index is 0.438. The van der Waals surface area contributed by atoms with Crippen molar-refractivity contribution in [3.63, 3.8) is 0 Å². The predicted octanol–water partition coefficient (Wildman–Crippen LogP) is 6.53.